The van der Waals surface area contributed by atoms with Gasteiger partial charge >= 0.3 is 6.03 Å². The minimum Gasteiger partial charge on any atom is -0.494 e. The van der Waals surface area contributed by atoms with Crippen molar-refractivity contribution in [2.24, 2.45) is 0 Å². The molecule has 0 spiro atoms. The van der Waals surface area contributed by atoms with E-state index in [1.54, 1.807) is 0 Å². The SMILES string of the molecule is Cc1ccc(OCCCCNC(=O)NCC2(O)CCCC2)cc1. The molecule has 1 aliphatic carbocycles. The fourth-order valence-corrected chi connectivity index (χ4v) is 2.77. The molecule has 1 aromatic carbocycles. The average Bonchev–Trinajstić information content (AvgIpc) is 2.98. The van der Waals surface area contributed by atoms with Crippen molar-refractivity contribution in [3.8, 4) is 5.75 Å². The number of aryl methyl sites for hydroxylation is 1. The fourth-order valence-electron chi connectivity index (χ4n) is 2.77. The highest BCUT2D eigenvalue weighted by molar-refractivity contribution is 5.73. The normalized spacial score (nSPS) is 16.1. The highest BCUT2D eigenvalue weighted by Gasteiger charge is 2.31. The summed E-state index contributed by atoms with van der Waals surface area (Å²) in [6, 6.07) is 7.78. The molecular formula is C18H28N2O3. The maximum Gasteiger partial charge on any atom is 0.314 e. The molecule has 5 nitrogen and oxygen atoms in total. The average molecular weight is 320 g/mol. The zero-order chi connectivity index (χ0) is 16.5. The summed E-state index contributed by atoms with van der Waals surface area (Å²) in [4.78, 5) is 11.7. The van der Waals surface area contributed by atoms with E-state index in [1.807, 2.05) is 31.2 Å². The van der Waals surface area contributed by atoms with Crippen molar-refractivity contribution in [3.05, 3.63) is 29.8 Å². The lowest BCUT2D eigenvalue weighted by Gasteiger charge is -2.22. The number of carbonyl (C=O) groups is 1. The molecule has 3 N–H and O–H groups in total. The van der Waals surface area contributed by atoms with Gasteiger partial charge in [0, 0.05) is 13.1 Å². The molecule has 0 atom stereocenters. The van der Waals surface area contributed by atoms with Crippen molar-refractivity contribution in [2.75, 3.05) is 19.7 Å². The van der Waals surface area contributed by atoms with Crippen molar-refractivity contribution < 1.29 is 14.6 Å². The first-order valence-corrected chi connectivity index (χ1v) is 8.51. The van der Waals surface area contributed by atoms with Crippen LogP contribution in [0, 0.1) is 6.92 Å². The molecule has 0 saturated heterocycles. The van der Waals surface area contributed by atoms with Crippen molar-refractivity contribution in [1.29, 1.82) is 0 Å². The van der Waals surface area contributed by atoms with E-state index in [0.717, 1.165) is 44.3 Å². The number of amides is 2. The van der Waals surface area contributed by atoms with E-state index in [1.165, 1.54) is 5.56 Å². The van der Waals surface area contributed by atoms with Gasteiger partial charge < -0.3 is 20.5 Å². The molecule has 2 amide bonds. The number of aliphatic hydroxyl groups is 1. The molecule has 2 rings (SSSR count). The second-order valence-corrected chi connectivity index (χ2v) is 6.41. The van der Waals surface area contributed by atoms with Crippen LogP contribution in [0.4, 0.5) is 4.79 Å². The smallest absolute Gasteiger partial charge is 0.314 e. The number of hydrogen-bond donors (Lipinski definition) is 3. The predicted molar refractivity (Wildman–Crippen MR) is 90.7 cm³/mol. The highest BCUT2D eigenvalue weighted by Crippen LogP contribution is 2.28. The van der Waals surface area contributed by atoms with E-state index >= 15 is 0 Å². The fraction of sp³-hybridized carbons (Fsp3) is 0.611. The molecule has 1 aromatic rings. The molecular weight excluding hydrogens is 292 g/mol. The van der Waals surface area contributed by atoms with Gasteiger partial charge in [-0.1, -0.05) is 30.5 Å². The van der Waals surface area contributed by atoms with Crippen LogP contribution in [-0.2, 0) is 0 Å². The van der Waals surface area contributed by atoms with E-state index in [9.17, 15) is 9.90 Å². The van der Waals surface area contributed by atoms with Crippen LogP contribution < -0.4 is 15.4 Å². The number of rotatable bonds is 8. The molecule has 128 valence electrons. The number of urea groups is 1. The van der Waals surface area contributed by atoms with Gasteiger partial charge in [0.1, 0.15) is 5.75 Å². The van der Waals surface area contributed by atoms with Crippen LogP contribution in [0.3, 0.4) is 0 Å². The topological polar surface area (TPSA) is 70.6 Å². The van der Waals surface area contributed by atoms with Crippen LogP contribution in [0.15, 0.2) is 24.3 Å². The lowest BCUT2D eigenvalue weighted by molar-refractivity contribution is 0.0501. The Balaban J connectivity index is 1.48. The number of unbranched alkanes of at least 4 members (excludes halogenated alkanes) is 1. The Morgan fingerprint density at radius 2 is 1.87 bits per heavy atom. The zero-order valence-electron chi connectivity index (χ0n) is 13.9. The molecule has 0 aromatic heterocycles. The Morgan fingerprint density at radius 1 is 1.17 bits per heavy atom. The van der Waals surface area contributed by atoms with E-state index in [-0.39, 0.29) is 6.03 Å². The van der Waals surface area contributed by atoms with Crippen molar-refractivity contribution >= 4 is 6.03 Å². The van der Waals surface area contributed by atoms with Crippen LogP contribution >= 0.6 is 0 Å². The molecule has 0 heterocycles. The monoisotopic (exact) mass is 320 g/mol. The molecule has 0 bridgehead atoms. The Labute approximate surface area is 138 Å². The molecule has 1 aliphatic rings. The summed E-state index contributed by atoms with van der Waals surface area (Å²) in [7, 11) is 0. The Bertz CT molecular complexity index is 482. The molecule has 0 aliphatic heterocycles. The van der Waals surface area contributed by atoms with E-state index in [4.69, 9.17) is 4.74 Å². The first kappa shape index (κ1) is 17.6. The second-order valence-electron chi connectivity index (χ2n) is 6.41. The van der Waals surface area contributed by atoms with Crippen LogP contribution in [0.1, 0.15) is 44.1 Å². The highest BCUT2D eigenvalue weighted by atomic mass is 16.5. The second kappa shape index (κ2) is 8.77. The van der Waals surface area contributed by atoms with Crippen LogP contribution in [-0.4, -0.2) is 36.4 Å². The first-order valence-electron chi connectivity index (χ1n) is 8.51. The van der Waals surface area contributed by atoms with Crippen molar-refractivity contribution in [1.82, 2.24) is 10.6 Å². The summed E-state index contributed by atoms with van der Waals surface area (Å²) in [6.45, 7) is 3.65. The number of hydrogen-bond acceptors (Lipinski definition) is 3. The Morgan fingerprint density at radius 3 is 2.57 bits per heavy atom. The molecule has 23 heavy (non-hydrogen) atoms. The predicted octanol–water partition coefficient (Wildman–Crippen LogP) is 2.76. The minimum absolute atomic E-state index is 0.204. The van der Waals surface area contributed by atoms with E-state index < -0.39 is 5.60 Å². The summed E-state index contributed by atoms with van der Waals surface area (Å²) in [5.74, 6) is 0.881. The van der Waals surface area contributed by atoms with E-state index in [0.29, 0.717) is 19.7 Å². The maximum absolute atomic E-state index is 11.7. The number of carbonyl (C=O) groups excluding carboxylic acids is 1. The van der Waals surface area contributed by atoms with Gasteiger partial charge in [-0.3, -0.25) is 0 Å². The van der Waals surface area contributed by atoms with Crippen LogP contribution in [0.2, 0.25) is 0 Å². The number of ether oxygens (including phenoxy) is 1. The van der Waals surface area contributed by atoms with Gasteiger partial charge in [0.05, 0.1) is 12.2 Å². The van der Waals surface area contributed by atoms with Crippen LogP contribution in [0.5, 0.6) is 5.75 Å². The number of benzene rings is 1. The number of nitrogens with one attached hydrogen (secondary N) is 2. The summed E-state index contributed by atoms with van der Waals surface area (Å²) in [5.41, 5.74) is 0.522. The minimum atomic E-state index is -0.695. The van der Waals surface area contributed by atoms with Crippen molar-refractivity contribution in [3.63, 3.8) is 0 Å². The maximum atomic E-state index is 11.7. The lowest BCUT2D eigenvalue weighted by Crippen LogP contribution is -2.45. The lowest BCUT2D eigenvalue weighted by atomic mass is 10.0. The third-order valence-electron chi connectivity index (χ3n) is 4.26. The molecule has 0 radical (unpaired) electrons. The first-order chi connectivity index (χ1) is 11.1. The molecule has 1 fully saturated rings. The van der Waals surface area contributed by atoms with Gasteiger partial charge in [0.25, 0.3) is 0 Å². The summed E-state index contributed by atoms with van der Waals surface area (Å²) in [6.07, 6.45) is 5.40. The zero-order valence-corrected chi connectivity index (χ0v) is 13.9. The van der Waals surface area contributed by atoms with Gasteiger partial charge in [-0.05, 0) is 44.7 Å². The van der Waals surface area contributed by atoms with Gasteiger partial charge in [-0.15, -0.1) is 0 Å². The summed E-state index contributed by atoms with van der Waals surface area (Å²) < 4.78 is 5.63. The van der Waals surface area contributed by atoms with Gasteiger partial charge in [0.2, 0.25) is 0 Å². The third-order valence-corrected chi connectivity index (χ3v) is 4.26. The van der Waals surface area contributed by atoms with E-state index in [2.05, 4.69) is 10.6 Å². The summed E-state index contributed by atoms with van der Waals surface area (Å²) >= 11 is 0. The molecule has 1 saturated carbocycles. The quantitative estimate of drug-likeness (QED) is 0.645. The van der Waals surface area contributed by atoms with Crippen molar-refractivity contribution in [2.45, 2.75) is 51.0 Å². The standard InChI is InChI=1S/C18H28N2O3/c1-15-6-8-16(9-7-15)23-13-5-4-12-19-17(21)20-14-18(22)10-2-3-11-18/h6-9,22H,2-5,10-14H2,1H3,(H2,19,20,21). The molecule has 5 heteroatoms. The van der Waals surface area contributed by atoms with Gasteiger partial charge in [-0.25, -0.2) is 4.79 Å². The van der Waals surface area contributed by atoms with Gasteiger partial charge in [0.15, 0.2) is 0 Å². The van der Waals surface area contributed by atoms with Crippen LogP contribution in [0.25, 0.3) is 0 Å². The third kappa shape index (κ3) is 6.48. The Kier molecular flexibility index (Phi) is 6.71. The largest absolute Gasteiger partial charge is 0.494 e. The summed E-state index contributed by atoms with van der Waals surface area (Å²) in [5, 5.41) is 15.7. The Hall–Kier alpha value is -1.75. The van der Waals surface area contributed by atoms with Gasteiger partial charge in [-0.2, -0.15) is 0 Å². The molecule has 0 unspecified atom stereocenters.